The summed E-state index contributed by atoms with van der Waals surface area (Å²) < 4.78 is 15.4. The summed E-state index contributed by atoms with van der Waals surface area (Å²) in [6.07, 6.45) is 2.34. The zero-order valence-corrected chi connectivity index (χ0v) is 18.0. The van der Waals surface area contributed by atoms with Gasteiger partial charge in [0.25, 0.3) is 11.6 Å². The lowest BCUT2D eigenvalue weighted by atomic mass is 10.1. The molecule has 0 radical (unpaired) electrons. The number of methoxy groups -OCH3 is 1. The van der Waals surface area contributed by atoms with Crippen LogP contribution in [0.3, 0.4) is 0 Å². The van der Waals surface area contributed by atoms with E-state index in [0.717, 1.165) is 24.8 Å². The normalized spacial score (nSPS) is 12.9. The number of esters is 1. The lowest BCUT2D eigenvalue weighted by Gasteiger charge is -2.17. The van der Waals surface area contributed by atoms with E-state index >= 15 is 0 Å². The van der Waals surface area contributed by atoms with Crippen LogP contribution in [0.1, 0.15) is 30.1 Å². The minimum absolute atomic E-state index is 0.133. The van der Waals surface area contributed by atoms with Gasteiger partial charge in [-0.3, -0.25) is 14.9 Å². The summed E-state index contributed by atoms with van der Waals surface area (Å²) in [6, 6.07) is 9.65. The molecule has 1 N–H and O–H groups in total. The Balaban J connectivity index is 1.63. The number of hydrogen-bond acceptors (Lipinski definition) is 8. The summed E-state index contributed by atoms with van der Waals surface area (Å²) >= 11 is 0. The third-order valence-corrected chi connectivity index (χ3v) is 4.96. The number of rotatable bonds is 9. The number of carbonyl (C=O) groups excluding carboxylic acids is 2. The van der Waals surface area contributed by atoms with Crippen LogP contribution in [-0.4, -0.2) is 50.2 Å². The Morgan fingerprint density at radius 1 is 1.12 bits per heavy atom. The van der Waals surface area contributed by atoms with Crippen LogP contribution in [0.5, 0.6) is 11.5 Å². The Bertz CT molecular complexity index is 986. The minimum atomic E-state index is -1.02. The maximum Gasteiger partial charge on any atom is 0.345 e. The zero-order chi connectivity index (χ0) is 23.1. The molecule has 1 heterocycles. The van der Waals surface area contributed by atoms with Gasteiger partial charge in [-0.15, -0.1) is 0 Å². The van der Waals surface area contributed by atoms with E-state index in [1.165, 1.54) is 26.0 Å². The fourth-order valence-corrected chi connectivity index (χ4v) is 3.43. The number of benzene rings is 2. The number of amides is 1. The molecule has 0 aromatic heterocycles. The molecule has 1 saturated heterocycles. The molecule has 0 atom stereocenters. The lowest BCUT2D eigenvalue weighted by Crippen LogP contribution is -2.21. The molecule has 0 bridgehead atoms. The molecule has 32 heavy (non-hydrogen) atoms. The van der Waals surface area contributed by atoms with Crippen molar-refractivity contribution in [3.05, 3.63) is 52.1 Å². The molecule has 0 spiro atoms. The number of nitro groups is 1. The lowest BCUT2D eigenvalue weighted by molar-refractivity contribution is -0.385. The molecule has 1 aliphatic rings. The van der Waals surface area contributed by atoms with Gasteiger partial charge in [-0.1, -0.05) is 0 Å². The van der Waals surface area contributed by atoms with Crippen molar-refractivity contribution < 1.29 is 28.7 Å². The molecule has 0 saturated carbocycles. The Hall–Kier alpha value is -3.82. The molecule has 0 unspecified atom stereocenters. The summed E-state index contributed by atoms with van der Waals surface area (Å²) in [7, 11) is 1.35. The number of carbonyl (C=O) groups is 2. The van der Waals surface area contributed by atoms with Crippen LogP contribution in [-0.2, 0) is 9.53 Å². The van der Waals surface area contributed by atoms with Crippen molar-refractivity contribution in [3.63, 3.8) is 0 Å². The smallest absolute Gasteiger partial charge is 0.345 e. The van der Waals surface area contributed by atoms with Gasteiger partial charge in [-0.2, -0.15) is 0 Å². The van der Waals surface area contributed by atoms with E-state index in [4.69, 9.17) is 14.2 Å². The third-order valence-electron chi connectivity index (χ3n) is 4.96. The first kappa shape index (κ1) is 22.9. The summed E-state index contributed by atoms with van der Waals surface area (Å²) in [5.74, 6) is -1.30. The van der Waals surface area contributed by atoms with Gasteiger partial charge in [0.15, 0.2) is 18.1 Å². The standard InChI is InChI=1S/C22H25N3O7/c1-3-31-20-13-18(25(28)29)17(12-19(20)30-2)22(27)32-14-21(26)23-15-6-8-16(9-7-15)24-10-4-5-11-24/h6-9,12-13H,3-5,10-11,14H2,1-2H3,(H,23,26). The van der Waals surface area contributed by atoms with Crippen LogP contribution in [0.25, 0.3) is 0 Å². The van der Waals surface area contributed by atoms with Crippen molar-refractivity contribution in [2.24, 2.45) is 0 Å². The summed E-state index contributed by atoms with van der Waals surface area (Å²) in [6.45, 7) is 3.41. The van der Waals surface area contributed by atoms with Gasteiger partial charge >= 0.3 is 5.97 Å². The van der Waals surface area contributed by atoms with Gasteiger partial charge in [-0.05, 0) is 44.0 Å². The van der Waals surface area contributed by atoms with Crippen molar-refractivity contribution in [1.82, 2.24) is 0 Å². The van der Waals surface area contributed by atoms with Crippen LogP contribution in [0, 0.1) is 10.1 Å². The second kappa shape index (κ2) is 10.5. The zero-order valence-electron chi connectivity index (χ0n) is 18.0. The quantitative estimate of drug-likeness (QED) is 0.356. The molecule has 0 aliphatic carbocycles. The molecule has 1 amide bonds. The number of hydrogen-bond donors (Lipinski definition) is 1. The van der Waals surface area contributed by atoms with E-state index in [2.05, 4.69) is 10.2 Å². The van der Waals surface area contributed by atoms with Crippen molar-refractivity contribution in [2.75, 3.05) is 43.6 Å². The monoisotopic (exact) mass is 443 g/mol. The summed E-state index contributed by atoms with van der Waals surface area (Å²) in [5.41, 5.74) is 0.807. The number of nitrogens with one attached hydrogen (secondary N) is 1. The van der Waals surface area contributed by atoms with Gasteiger partial charge in [-0.25, -0.2) is 4.79 Å². The van der Waals surface area contributed by atoms with Crippen LogP contribution in [0.2, 0.25) is 0 Å². The maximum atomic E-state index is 12.4. The summed E-state index contributed by atoms with van der Waals surface area (Å²) in [4.78, 5) is 37.6. The SMILES string of the molecule is CCOc1cc([N+](=O)[O-])c(C(=O)OCC(=O)Nc2ccc(N3CCCC3)cc2)cc1OC. The van der Waals surface area contributed by atoms with Crippen LogP contribution < -0.4 is 19.7 Å². The average molecular weight is 443 g/mol. The van der Waals surface area contributed by atoms with Gasteiger partial charge in [0.2, 0.25) is 0 Å². The maximum absolute atomic E-state index is 12.4. The molecule has 3 rings (SSSR count). The first-order valence-corrected chi connectivity index (χ1v) is 10.2. The number of nitrogens with zero attached hydrogens (tertiary/aromatic N) is 2. The molecule has 170 valence electrons. The first-order chi connectivity index (χ1) is 15.4. The molecule has 1 aliphatic heterocycles. The van der Waals surface area contributed by atoms with Gasteiger partial charge in [0.1, 0.15) is 5.56 Å². The van der Waals surface area contributed by atoms with Gasteiger partial charge < -0.3 is 24.4 Å². The van der Waals surface area contributed by atoms with Crippen LogP contribution in [0.4, 0.5) is 17.1 Å². The van der Waals surface area contributed by atoms with Gasteiger partial charge in [0, 0.05) is 30.5 Å². The topological polar surface area (TPSA) is 120 Å². The third kappa shape index (κ3) is 5.45. The highest BCUT2D eigenvalue weighted by Crippen LogP contribution is 2.35. The van der Waals surface area contributed by atoms with Crippen LogP contribution in [0.15, 0.2) is 36.4 Å². The second-order valence-corrected chi connectivity index (χ2v) is 7.08. The second-order valence-electron chi connectivity index (χ2n) is 7.08. The van der Waals surface area contributed by atoms with Crippen molar-refractivity contribution >= 4 is 28.9 Å². The highest BCUT2D eigenvalue weighted by Gasteiger charge is 2.26. The van der Waals surface area contributed by atoms with E-state index in [1.54, 1.807) is 19.1 Å². The van der Waals surface area contributed by atoms with Gasteiger partial charge in [0.05, 0.1) is 24.7 Å². The molecule has 2 aromatic rings. The van der Waals surface area contributed by atoms with E-state index in [-0.39, 0.29) is 23.7 Å². The van der Waals surface area contributed by atoms with Crippen LogP contribution >= 0.6 is 0 Å². The van der Waals surface area contributed by atoms with E-state index in [9.17, 15) is 19.7 Å². The highest BCUT2D eigenvalue weighted by atomic mass is 16.6. The van der Waals surface area contributed by atoms with Crippen molar-refractivity contribution in [3.8, 4) is 11.5 Å². The molecule has 1 fully saturated rings. The Morgan fingerprint density at radius 2 is 1.81 bits per heavy atom. The average Bonchev–Trinajstić information content (AvgIpc) is 3.33. The predicted octanol–water partition coefficient (Wildman–Crippen LogP) is 3.40. The number of nitro benzene ring substituents is 1. The Labute approximate surface area is 185 Å². The molecule has 10 heteroatoms. The molecular weight excluding hydrogens is 418 g/mol. The Kier molecular flexibility index (Phi) is 7.48. The van der Waals surface area contributed by atoms with Crippen molar-refractivity contribution in [1.29, 1.82) is 0 Å². The largest absolute Gasteiger partial charge is 0.493 e. The minimum Gasteiger partial charge on any atom is -0.493 e. The fourth-order valence-electron chi connectivity index (χ4n) is 3.43. The fraction of sp³-hybridized carbons (Fsp3) is 0.364. The number of anilines is 2. The molecule has 2 aromatic carbocycles. The van der Waals surface area contributed by atoms with E-state index in [1.807, 2.05) is 12.1 Å². The predicted molar refractivity (Wildman–Crippen MR) is 118 cm³/mol. The Morgan fingerprint density at radius 3 is 2.41 bits per heavy atom. The van der Waals surface area contributed by atoms with Crippen molar-refractivity contribution in [2.45, 2.75) is 19.8 Å². The first-order valence-electron chi connectivity index (χ1n) is 10.2. The van der Waals surface area contributed by atoms with E-state index in [0.29, 0.717) is 5.69 Å². The highest BCUT2D eigenvalue weighted by molar-refractivity contribution is 5.98. The molecular formula is C22H25N3O7. The number of ether oxygens (including phenoxy) is 3. The summed E-state index contributed by atoms with van der Waals surface area (Å²) in [5, 5.41) is 14.0. The van der Waals surface area contributed by atoms with E-state index < -0.39 is 29.1 Å². The molecule has 10 nitrogen and oxygen atoms in total.